The average Bonchev–Trinajstić information content (AvgIpc) is 2.66. The van der Waals surface area contributed by atoms with Crippen LogP contribution in [-0.2, 0) is 23.5 Å². The third kappa shape index (κ3) is 6.25. The quantitative estimate of drug-likeness (QED) is 0.455. The normalized spacial score (nSPS) is 10.6. The number of carbonyl (C=O) groups excluding carboxylic acids is 1. The van der Waals surface area contributed by atoms with E-state index in [1.54, 1.807) is 12.1 Å². The van der Waals surface area contributed by atoms with Gasteiger partial charge in [0.2, 0.25) is 5.91 Å². The van der Waals surface area contributed by atoms with Gasteiger partial charge in [0.15, 0.2) is 5.16 Å². The van der Waals surface area contributed by atoms with Crippen LogP contribution in [0.1, 0.15) is 22.4 Å². The van der Waals surface area contributed by atoms with Crippen LogP contribution in [0.25, 0.3) is 0 Å². The number of hydrogen-bond donors (Lipinski definition) is 2. The largest absolute Gasteiger partial charge is 0.352 e. The average molecular weight is 414 g/mol. The first-order valence-corrected chi connectivity index (χ1v) is 10.1. The van der Waals surface area contributed by atoms with Crippen molar-refractivity contribution in [3.8, 4) is 0 Å². The Morgan fingerprint density at radius 3 is 2.68 bits per heavy atom. The van der Waals surface area contributed by atoms with Gasteiger partial charge in [-0.15, -0.1) is 0 Å². The molecular formula is C21H20ClN3O2S. The monoisotopic (exact) mass is 413 g/mol. The Hall–Kier alpha value is -2.57. The van der Waals surface area contributed by atoms with E-state index >= 15 is 0 Å². The lowest BCUT2D eigenvalue weighted by Gasteiger charge is -2.07. The number of thioether (sulfide) groups is 1. The second kappa shape index (κ2) is 9.57. The van der Waals surface area contributed by atoms with Gasteiger partial charge in [-0.2, -0.15) is 0 Å². The molecule has 0 unspecified atom stereocenters. The molecule has 0 radical (unpaired) electrons. The molecule has 7 heteroatoms. The van der Waals surface area contributed by atoms with Crippen LogP contribution in [-0.4, -0.2) is 15.9 Å². The lowest BCUT2D eigenvalue weighted by atomic mass is 10.2. The van der Waals surface area contributed by atoms with E-state index in [0.717, 1.165) is 11.1 Å². The number of nitrogens with one attached hydrogen (secondary N) is 2. The zero-order valence-corrected chi connectivity index (χ0v) is 16.9. The van der Waals surface area contributed by atoms with Crippen molar-refractivity contribution in [1.82, 2.24) is 15.3 Å². The summed E-state index contributed by atoms with van der Waals surface area (Å²) in [6, 6.07) is 16.8. The van der Waals surface area contributed by atoms with Gasteiger partial charge in [-0.1, -0.05) is 65.3 Å². The molecule has 2 N–H and O–H groups in total. The van der Waals surface area contributed by atoms with Gasteiger partial charge in [0, 0.05) is 23.4 Å². The predicted octanol–water partition coefficient (Wildman–Crippen LogP) is 3.88. The molecule has 0 spiro atoms. The Morgan fingerprint density at radius 2 is 1.93 bits per heavy atom. The lowest BCUT2D eigenvalue weighted by Crippen LogP contribution is -2.25. The van der Waals surface area contributed by atoms with Crippen molar-refractivity contribution in [2.45, 2.75) is 30.8 Å². The molecule has 144 valence electrons. The van der Waals surface area contributed by atoms with Crippen LogP contribution in [0.15, 0.2) is 64.5 Å². The molecule has 3 aromatic rings. The smallest absolute Gasteiger partial charge is 0.251 e. The van der Waals surface area contributed by atoms with Gasteiger partial charge in [-0.25, -0.2) is 4.98 Å². The van der Waals surface area contributed by atoms with Gasteiger partial charge >= 0.3 is 0 Å². The molecule has 0 saturated carbocycles. The van der Waals surface area contributed by atoms with Crippen molar-refractivity contribution in [1.29, 1.82) is 0 Å². The van der Waals surface area contributed by atoms with Crippen LogP contribution in [0, 0.1) is 6.92 Å². The Kier molecular flexibility index (Phi) is 6.90. The number of amides is 1. The van der Waals surface area contributed by atoms with E-state index < -0.39 is 0 Å². The third-order valence-electron chi connectivity index (χ3n) is 3.99. The summed E-state index contributed by atoms with van der Waals surface area (Å²) in [6.07, 6.45) is 0.0442. The first-order valence-electron chi connectivity index (χ1n) is 8.78. The number of benzene rings is 2. The van der Waals surface area contributed by atoms with Crippen LogP contribution in [0.3, 0.4) is 0 Å². The standard InChI is InChI=1S/C21H20ClN3O2S/c1-14-5-7-15(8-6-14)13-28-21-24-18(11-20(27)25-21)10-19(26)23-12-16-3-2-4-17(22)9-16/h2-9,11H,10,12-13H2,1H3,(H,23,26)(H,24,25,27). The molecule has 2 aromatic carbocycles. The Labute approximate surface area is 172 Å². The zero-order valence-electron chi connectivity index (χ0n) is 15.4. The van der Waals surface area contributed by atoms with E-state index in [9.17, 15) is 9.59 Å². The van der Waals surface area contributed by atoms with Gasteiger partial charge in [-0.3, -0.25) is 9.59 Å². The fourth-order valence-electron chi connectivity index (χ4n) is 2.55. The summed E-state index contributed by atoms with van der Waals surface area (Å²) in [6.45, 7) is 2.41. The van der Waals surface area contributed by atoms with Crippen LogP contribution in [0.5, 0.6) is 0 Å². The van der Waals surface area contributed by atoms with E-state index in [1.165, 1.54) is 23.4 Å². The summed E-state index contributed by atoms with van der Waals surface area (Å²) in [4.78, 5) is 31.2. The number of rotatable bonds is 7. The molecule has 0 aliphatic heterocycles. The number of aromatic nitrogens is 2. The minimum Gasteiger partial charge on any atom is -0.352 e. The van der Waals surface area contributed by atoms with Crippen LogP contribution >= 0.6 is 23.4 Å². The van der Waals surface area contributed by atoms with Crippen LogP contribution in [0.2, 0.25) is 5.02 Å². The maximum atomic E-state index is 12.2. The highest BCUT2D eigenvalue weighted by Gasteiger charge is 2.08. The van der Waals surface area contributed by atoms with E-state index in [1.807, 2.05) is 43.3 Å². The number of halogens is 1. The van der Waals surface area contributed by atoms with Crippen LogP contribution < -0.4 is 10.9 Å². The molecule has 0 aliphatic carbocycles. The van der Waals surface area contributed by atoms with Crippen molar-refractivity contribution >= 4 is 29.3 Å². The maximum absolute atomic E-state index is 12.2. The summed E-state index contributed by atoms with van der Waals surface area (Å²) >= 11 is 7.38. The summed E-state index contributed by atoms with van der Waals surface area (Å²) < 4.78 is 0. The van der Waals surface area contributed by atoms with E-state index in [2.05, 4.69) is 15.3 Å². The molecule has 1 aromatic heterocycles. The van der Waals surface area contributed by atoms with Gasteiger partial charge < -0.3 is 10.3 Å². The molecule has 0 bridgehead atoms. The molecule has 0 aliphatic rings. The maximum Gasteiger partial charge on any atom is 0.251 e. The fraction of sp³-hybridized carbons (Fsp3) is 0.190. The van der Waals surface area contributed by atoms with E-state index in [0.29, 0.717) is 28.2 Å². The lowest BCUT2D eigenvalue weighted by molar-refractivity contribution is -0.120. The second-order valence-corrected chi connectivity index (χ2v) is 7.80. The van der Waals surface area contributed by atoms with Gasteiger partial charge in [0.25, 0.3) is 5.56 Å². The van der Waals surface area contributed by atoms with Crippen molar-refractivity contribution in [3.63, 3.8) is 0 Å². The van der Waals surface area contributed by atoms with Crippen molar-refractivity contribution in [2.24, 2.45) is 0 Å². The number of aryl methyl sites for hydroxylation is 1. The molecule has 0 saturated heterocycles. The number of hydrogen-bond acceptors (Lipinski definition) is 4. The number of carbonyl (C=O) groups is 1. The molecule has 1 heterocycles. The molecule has 3 rings (SSSR count). The highest BCUT2D eigenvalue weighted by molar-refractivity contribution is 7.98. The van der Waals surface area contributed by atoms with Crippen molar-refractivity contribution in [2.75, 3.05) is 0 Å². The molecular weight excluding hydrogens is 394 g/mol. The highest BCUT2D eigenvalue weighted by atomic mass is 35.5. The first kappa shape index (κ1) is 20.2. The van der Waals surface area contributed by atoms with Gasteiger partial charge in [0.1, 0.15) is 0 Å². The summed E-state index contributed by atoms with van der Waals surface area (Å²) in [5, 5.41) is 3.95. The molecule has 0 fully saturated rings. The predicted molar refractivity (Wildman–Crippen MR) is 113 cm³/mol. The Balaban J connectivity index is 1.58. The minimum atomic E-state index is -0.265. The number of aromatic amines is 1. The van der Waals surface area contributed by atoms with Gasteiger partial charge in [0.05, 0.1) is 12.1 Å². The molecule has 28 heavy (non-hydrogen) atoms. The summed E-state index contributed by atoms with van der Waals surface area (Å²) in [7, 11) is 0. The minimum absolute atomic E-state index is 0.0442. The first-order chi connectivity index (χ1) is 13.5. The second-order valence-electron chi connectivity index (χ2n) is 6.40. The van der Waals surface area contributed by atoms with Crippen LogP contribution in [0.4, 0.5) is 0 Å². The highest BCUT2D eigenvalue weighted by Crippen LogP contribution is 2.19. The SMILES string of the molecule is Cc1ccc(CSc2nc(CC(=O)NCc3cccc(Cl)c3)cc(=O)[nH]2)cc1. The topological polar surface area (TPSA) is 74.8 Å². The molecule has 0 atom stereocenters. The third-order valence-corrected chi connectivity index (χ3v) is 5.17. The van der Waals surface area contributed by atoms with Gasteiger partial charge in [-0.05, 0) is 30.2 Å². The van der Waals surface area contributed by atoms with Crippen molar-refractivity contribution < 1.29 is 4.79 Å². The van der Waals surface area contributed by atoms with Crippen molar-refractivity contribution in [3.05, 3.63) is 92.4 Å². The molecule has 5 nitrogen and oxygen atoms in total. The fourth-order valence-corrected chi connectivity index (χ4v) is 3.62. The van der Waals surface area contributed by atoms with E-state index in [-0.39, 0.29) is 17.9 Å². The number of H-pyrrole nitrogens is 1. The zero-order chi connectivity index (χ0) is 19.9. The summed E-state index contributed by atoms with van der Waals surface area (Å²) in [5.41, 5.74) is 3.43. The number of nitrogens with zero attached hydrogens (tertiary/aromatic N) is 1. The van der Waals surface area contributed by atoms with E-state index in [4.69, 9.17) is 11.6 Å². The Morgan fingerprint density at radius 1 is 1.14 bits per heavy atom. The Bertz CT molecular complexity index is 1020. The molecule has 1 amide bonds. The summed E-state index contributed by atoms with van der Waals surface area (Å²) in [5.74, 6) is 0.487.